The van der Waals surface area contributed by atoms with Crippen LogP contribution in [0.5, 0.6) is 0 Å². The number of hydrogen-bond acceptors (Lipinski definition) is 4. The molecule has 34 heavy (non-hydrogen) atoms. The van der Waals surface area contributed by atoms with E-state index in [1.807, 2.05) is 54.9 Å². The Hall–Kier alpha value is -2.58. The Bertz CT molecular complexity index is 896. The molecule has 0 spiro atoms. The standard InChI is InChI=1S/C26H38BN3O4/c1-26(2,30-17-9-10-18-30)25(32)28-22(19-21-13-7-4-8-14-21)24(31)29-23(27(33)34)16-15-20-11-5-3-6-12-20/h4,7-10,13-14,17-18,20,22-23,33-34H,3,5-6,11-12,15-16,19H2,1-2H3,(H,28,32)(H,29,31)/t22-,23-/m0/s1. The molecule has 1 aromatic carbocycles. The van der Waals surface area contributed by atoms with Crippen LogP contribution in [0.25, 0.3) is 0 Å². The van der Waals surface area contributed by atoms with Gasteiger partial charge in [-0.3, -0.25) is 9.59 Å². The molecule has 1 aliphatic rings. The number of amides is 2. The van der Waals surface area contributed by atoms with E-state index in [-0.39, 0.29) is 5.91 Å². The second-order valence-corrected chi connectivity index (χ2v) is 9.98. The summed E-state index contributed by atoms with van der Waals surface area (Å²) >= 11 is 0. The van der Waals surface area contributed by atoms with Gasteiger partial charge in [0.2, 0.25) is 11.8 Å². The topological polar surface area (TPSA) is 104 Å². The highest BCUT2D eigenvalue weighted by Gasteiger charge is 2.34. The Balaban J connectivity index is 1.70. The normalized spacial score (nSPS) is 16.5. The van der Waals surface area contributed by atoms with Crippen molar-refractivity contribution in [2.24, 2.45) is 5.92 Å². The summed E-state index contributed by atoms with van der Waals surface area (Å²) in [5.74, 6) is -0.915. The van der Waals surface area contributed by atoms with Crippen molar-refractivity contribution in [2.75, 3.05) is 0 Å². The summed E-state index contributed by atoms with van der Waals surface area (Å²) < 4.78 is 1.80. The Morgan fingerprint density at radius 2 is 1.68 bits per heavy atom. The molecule has 8 heteroatoms. The lowest BCUT2D eigenvalue weighted by atomic mass is 9.74. The zero-order valence-corrected chi connectivity index (χ0v) is 20.3. The zero-order chi connectivity index (χ0) is 24.6. The zero-order valence-electron chi connectivity index (χ0n) is 20.3. The lowest BCUT2D eigenvalue weighted by Crippen LogP contribution is -2.57. The maximum atomic E-state index is 13.3. The molecule has 2 amide bonds. The van der Waals surface area contributed by atoms with E-state index < -0.39 is 30.5 Å². The smallest absolute Gasteiger partial charge is 0.426 e. The molecule has 1 aromatic heterocycles. The molecule has 0 radical (unpaired) electrons. The van der Waals surface area contributed by atoms with Crippen LogP contribution in [0.3, 0.4) is 0 Å². The molecule has 1 heterocycles. The SMILES string of the molecule is CC(C)(C(=O)N[C@@H](Cc1ccccc1)C(=O)N[C@@H](CCC1CCCCC1)B(O)O)n1cccc1. The van der Waals surface area contributed by atoms with E-state index in [2.05, 4.69) is 10.6 Å². The van der Waals surface area contributed by atoms with Gasteiger partial charge < -0.3 is 25.2 Å². The monoisotopic (exact) mass is 467 g/mol. The van der Waals surface area contributed by atoms with Gasteiger partial charge in [0.15, 0.2) is 0 Å². The second kappa shape index (κ2) is 12.2. The van der Waals surface area contributed by atoms with E-state index in [0.29, 0.717) is 18.8 Å². The van der Waals surface area contributed by atoms with Crippen molar-refractivity contribution in [3.63, 3.8) is 0 Å². The van der Waals surface area contributed by atoms with Crippen LogP contribution in [0, 0.1) is 5.92 Å². The molecule has 1 saturated carbocycles. The Kier molecular flexibility index (Phi) is 9.36. The first kappa shape index (κ1) is 26.0. The van der Waals surface area contributed by atoms with Gasteiger partial charge in [0.25, 0.3) is 0 Å². The molecule has 0 aliphatic heterocycles. The Morgan fingerprint density at radius 3 is 2.29 bits per heavy atom. The number of nitrogens with one attached hydrogen (secondary N) is 2. The molecule has 0 bridgehead atoms. The van der Waals surface area contributed by atoms with Gasteiger partial charge >= 0.3 is 7.12 Å². The van der Waals surface area contributed by atoms with Crippen molar-refractivity contribution >= 4 is 18.9 Å². The Labute approximate surface area is 203 Å². The summed E-state index contributed by atoms with van der Waals surface area (Å²) in [7, 11) is -1.66. The van der Waals surface area contributed by atoms with Crippen LogP contribution in [0.4, 0.5) is 0 Å². The van der Waals surface area contributed by atoms with Crippen LogP contribution in [-0.2, 0) is 21.5 Å². The first-order valence-corrected chi connectivity index (χ1v) is 12.4. The van der Waals surface area contributed by atoms with Crippen LogP contribution < -0.4 is 10.6 Å². The molecule has 4 N–H and O–H groups in total. The fourth-order valence-corrected chi connectivity index (χ4v) is 4.69. The molecule has 184 valence electrons. The molecule has 7 nitrogen and oxygen atoms in total. The van der Waals surface area contributed by atoms with Crippen molar-refractivity contribution in [3.05, 3.63) is 60.4 Å². The highest BCUT2D eigenvalue weighted by atomic mass is 16.4. The van der Waals surface area contributed by atoms with Crippen LogP contribution in [0.15, 0.2) is 54.9 Å². The largest absolute Gasteiger partial charge is 0.475 e. The van der Waals surface area contributed by atoms with E-state index >= 15 is 0 Å². The van der Waals surface area contributed by atoms with Gasteiger partial charge in [-0.05, 0) is 50.3 Å². The third kappa shape index (κ3) is 7.21. The van der Waals surface area contributed by atoms with Crippen molar-refractivity contribution < 1.29 is 19.6 Å². The summed E-state index contributed by atoms with van der Waals surface area (Å²) in [4.78, 5) is 26.5. The fourth-order valence-electron chi connectivity index (χ4n) is 4.69. The van der Waals surface area contributed by atoms with Gasteiger partial charge in [-0.2, -0.15) is 0 Å². The maximum absolute atomic E-state index is 13.3. The molecule has 1 aliphatic carbocycles. The summed E-state index contributed by atoms with van der Waals surface area (Å²) in [6.07, 6.45) is 11.3. The number of carbonyl (C=O) groups is 2. The van der Waals surface area contributed by atoms with E-state index in [9.17, 15) is 19.6 Å². The van der Waals surface area contributed by atoms with Gasteiger partial charge in [0.05, 0.1) is 5.94 Å². The number of hydrogen-bond donors (Lipinski definition) is 4. The van der Waals surface area contributed by atoms with Gasteiger partial charge in [-0.1, -0.05) is 62.4 Å². The van der Waals surface area contributed by atoms with Gasteiger partial charge in [0, 0.05) is 18.8 Å². The number of aromatic nitrogens is 1. The van der Waals surface area contributed by atoms with Crippen LogP contribution in [0.2, 0.25) is 0 Å². The first-order chi connectivity index (χ1) is 16.3. The predicted octanol–water partition coefficient (Wildman–Crippen LogP) is 2.81. The van der Waals surface area contributed by atoms with Crippen molar-refractivity contribution in [1.29, 1.82) is 0 Å². The van der Waals surface area contributed by atoms with Crippen LogP contribution in [-0.4, -0.2) is 45.5 Å². The number of benzene rings is 1. The molecule has 0 saturated heterocycles. The van der Waals surface area contributed by atoms with Gasteiger partial charge in [-0.25, -0.2) is 0 Å². The average molecular weight is 467 g/mol. The summed E-state index contributed by atoms with van der Waals surface area (Å²) in [5.41, 5.74) is 0.0142. The quantitative estimate of drug-likeness (QED) is 0.382. The minimum absolute atomic E-state index is 0.289. The number of nitrogens with zero attached hydrogens (tertiary/aromatic N) is 1. The average Bonchev–Trinajstić information content (AvgIpc) is 3.38. The van der Waals surface area contributed by atoms with E-state index in [1.165, 1.54) is 19.3 Å². The summed E-state index contributed by atoms with van der Waals surface area (Å²) in [6.45, 7) is 3.59. The van der Waals surface area contributed by atoms with Crippen molar-refractivity contribution in [3.8, 4) is 0 Å². The fraction of sp³-hybridized carbons (Fsp3) is 0.538. The lowest BCUT2D eigenvalue weighted by molar-refractivity contribution is -0.133. The van der Waals surface area contributed by atoms with Crippen LogP contribution >= 0.6 is 0 Å². The minimum Gasteiger partial charge on any atom is -0.426 e. The molecule has 1 fully saturated rings. The molecular formula is C26H38BN3O4. The molecular weight excluding hydrogens is 429 g/mol. The molecule has 2 aromatic rings. The third-order valence-electron chi connectivity index (χ3n) is 7.01. The van der Waals surface area contributed by atoms with E-state index in [4.69, 9.17) is 0 Å². The molecule has 2 atom stereocenters. The van der Waals surface area contributed by atoms with E-state index in [0.717, 1.165) is 24.8 Å². The lowest BCUT2D eigenvalue weighted by Gasteiger charge is -2.30. The van der Waals surface area contributed by atoms with Gasteiger partial charge in [0.1, 0.15) is 11.6 Å². The van der Waals surface area contributed by atoms with Crippen molar-refractivity contribution in [1.82, 2.24) is 15.2 Å². The predicted molar refractivity (Wildman–Crippen MR) is 134 cm³/mol. The molecule has 3 rings (SSSR count). The second-order valence-electron chi connectivity index (χ2n) is 9.98. The van der Waals surface area contributed by atoms with Crippen LogP contribution in [0.1, 0.15) is 64.4 Å². The van der Waals surface area contributed by atoms with Gasteiger partial charge in [-0.15, -0.1) is 0 Å². The summed E-state index contributed by atoms with van der Waals surface area (Å²) in [6, 6.07) is 12.3. The highest BCUT2D eigenvalue weighted by Crippen LogP contribution is 2.28. The third-order valence-corrected chi connectivity index (χ3v) is 7.01. The minimum atomic E-state index is -1.66. The Morgan fingerprint density at radius 1 is 1.03 bits per heavy atom. The highest BCUT2D eigenvalue weighted by molar-refractivity contribution is 6.43. The number of rotatable bonds is 11. The summed E-state index contributed by atoms with van der Waals surface area (Å²) in [5, 5.41) is 25.6. The van der Waals surface area contributed by atoms with E-state index in [1.54, 1.807) is 18.4 Å². The maximum Gasteiger partial charge on any atom is 0.475 e. The first-order valence-electron chi connectivity index (χ1n) is 12.4. The number of carbonyl (C=O) groups excluding carboxylic acids is 2. The molecule has 0 unspecified atom stereocenters. The van der Waals surface area contributed by atoms with Crippen molar-refractivity contribution in [2.45, 2.75) is 82.7 Å².